The van der Waals surface area contributed by atoms with Crippen LogP contribution in [0.3, 0.4) is 0 Å². The van der Waals surface area contributed by atoms with Gasteiger partial charge in [0.05, 0.1) is 5.76 Å². The SMILES string of the molecule is C=C1CC/C=C\C[C@@H]2[C@@H](CC[C@H](CCc3ccccc3)O[Si](C)(C)C(C)(C)C)[C@H](C)C[C@@H]2O1. The molecule has 0 aromatic heterocycles. The summed E-state index contributed by atoms with van der Waals surface area (Å²) in [6.45, 7) is 18.5. The van der Waals surface area contributed by atoms with E-state index in [2.05, 4.69) is 89.9 Å². The maximum absolute atomic E-state index is 7.02. The summed E-state index contributed by atoms with van der Waals surface area (Å²) < 4.78 is 13.4. The van der Waals surface area contributed by atoms with Gasteiger partial charge in [0.2, 0.25) is 0 Å². The molecule has 0 unspecified atom stereocenters. The molecule has 0 bridgehead atoms. The highest BCUT2D eigenvalue weighted by Gasteiger charge is 2.43. The molecule has 3 heteroatoms. The molecule has 2 aliphatic rings. The molecule has 33 heavy (non-hydrogen) atoms. The van der Waals surface area contributed by atoms with Gasteiger partial charge in [-0.25, -0.2) is 0 Å². The van der Waals surface area contributed by atoms with Gasteiger partial charge in [0.25, 0.3) is 0 Å². The van der Waals surface area contributed by atoms with Crippen LogP contribution in [-0.2, 0) is 15.6 Å². The number of hydrogen-bond donors (Lipinski definition) is 0. The van der Waals surface area contributed by atoms with E-state index in [1.165, 1.54) is 18.4 Å². The molecule has 0 amide bonds. The highest BCUT2D eigenvalue weighted by atomic mass is 28.4. The fraction of sp³-hybridized carbons (Fsp3) is 0.667. The van der Waals surface area contributed by atoms with Gasteiger partial charge in [0.15, 0.2) is 8.32 Å². The topological polar surface area (TPSA) is 18.5 Å². The molecule has 1 aliphatic carbocycles. The number of benzene rings is 1. The van der Waals surface area contributed by atoms with Crippen LogP contribution in [0.25, 0.3) is 0 Å². The summed E-state index contributed by atoms with van der Waals surface area (Å²) in [5, 5.41) is 0.237. The lowest BCUT2D eigenvalue weighted by Gasteiger charge is -2.40. The van der Waals surface area contributed by atoms with Crippen LogP contribution >= 0.6 is 0 Å². The Hall–Kier alpha value is -1.32. The molecule has 1 saturated carbocycles. The monoisotopic (exact) mass is 468 g/mol. The summed E-state index contributed by atoms with van der Waals surface area (Å²) in [6, 6.07) is 10.9. The Labute approximate surface area is 205 Å². The number of rotatable bonds is 8. The number of allylic oxidation sites excluding steroid dienone is 3. The maximum Gasteiger partial charge on any atom is 0.192 e. The van der Waals surface area contributed by atoms with Gasteiger partial charge in [-0.15, -0.1) is 0 Å². The minimum atomic E-state index is -1.81. The second-order valence-electron chi connectivity index (χ2n) is 12.1. The molecular weight excluding hydrogens is 420 g/mol. The van der Waals surface area contributed by atoms with Crippen LogP contribution in [0, 0.1) is 17.8 Å². The van der Waals surface area contributed by atoms with E-state index < -0.39 is 8.32 Å². The zero-order valence-corrected chi connectivity index (χ0v) is 23.1. The van der Waals surface area contributed by atoms with Crippen LogP contribution in [0.2, 0.25) is 18.1 Å². The third-order valence-corrected chi connectivity index (χ3v) is 13.1. The Morgan fingerprint density at radius 1 is 1.12 bits per heavy atom. The molecule has 1 aromatic rings. The summed E-state index contributed by atoms with van der Waals surface area (Å²) in [5.74, 6) is 2.98. The van der Waals surface area contributed by atoms with Crippen molar-refractivity contribution < 1.29 is 9.16 Å². The lowest BCUT2D eigenvalue weighted by Crippen LogP contribution is -2.44. The van der Waals surface area contributed by atoms with Gasteiger partial charge in [-0.3, -0.25) is 0 Å². The van der Waals surface area contributed by atoms with E-state index in [0.29, 0.717) is 30.0 Å². The molecule has 1 heterocycles. The Morgan fingerprint density at radius 2 is 1.85 bits per heavy atom. The highest BCUT2D eigenvalue weighted by Crippen LogP contribution is 2.46. The molecule has 0 radical (unpaired) electrons. The molecule has 184 valence electrons. The van der Waals surface area contributed by atoms with E-state index in [4.69, 9.17) is 9.16 Å². The van der Waals surface area contributed by atoms with Crippen LogP contribution in [0.4, 0.5) is 0 Å². The van der Waals surface area contributed by atoms with Crippen molar-refractivity contribution in [2.75, 3.05) is 0 Å². The molecule has 3 rings (SSSR count). The summed E-state index contributed by atoms with van der Waals surface area (Å²) in [7, 11) is -1.81. The fourth-order valence-electron chi connectivity index (χ4n) is 5.47. The molecule has 5 atom stereocenters. The third kappa shape index (κ3) is 7.33. The molecule has 0 saturated heterocycles. The first-order chi connectivity index (χ1) is 15.6. The van der Waals surface area contributed by atoms with Gasteiger partial charge in [0.1, 0.15) is 6.10 Å². The largest absolute Gasteiger partial charge is 0.495 e. The van der Waals surface area contributed by atoms with E-state index in [1.54, 1.807) is 0 Å². The van der Waals surface area contributed by atoms with Gasteiger partial charge >= 0.3 is 0 Å². The number of ether oxygens (including phenoxy) is 1. The van der Waals surface area contributed by atoms with E-state index in [1.807, 2.05) is 0 Å². The lowest BCUT2D eigenvalue weighted by atomic mass is 9.83. The first-order valence-corrected chi connectivity index (χ1v) is 16.2. The van der Waals surface area contributed by atoms with Crippen molar-refractivity contribution in [3.63, 3.8) is 0 Å². The average molecular weight is 469 g/mol. The lowest BCUT2D eigenvalue weighted by molar-refractivity contribution is 0.0663. The number of fused-ring (bicyclic) bond motifs is 1. The quantitative estimate of drug-likeness (QED) is 0.280. The zero-order chi connectivity index (χ0) is 24.1. The van der Waals surface area contributed by atoms with Crippen molar-refractivity contribution in [1.29, 1.82) is 0 Å². The van der Waals surface area contributed by atoms with Crippen LogP contribution in [0.1, 0.15) is 78.2 Å². The summed E-state index contributed by atoms with van der Waals surface area (Å²) in [4.78, 5) is 0. The van der Waals surface area contributed by atoms with E-state index >= 15 is 0 Å². The molecule has 0 spiro atoms. The van der Waals surface area contributed by atoms with Crippen molar-refractivity contribution >= 4 is 8.32 Å². The molecular formula is C30H48O2Si. The van der Waals surface area contributed by atoms with E-state index in [9.17, 15) is 0 Å². The number of aryl methyl sites for hydroxylation is 1. The Morgan fingerprint density at radius 3 is 2.55 bits per heavy atom. The Balaban J connectivity index is 1.69. The minimum absolute atomic E-state index is 0.237. The van der Waals surface area contributed by atoms with Gasteiger partial charge in [-0.2, -0.15) is 0 Å². The predicted molar refractivity (Wildman–Crippen MR) is 144 cm³/mol. The van der Waals surface area contributed by atoms with Crippen LogP contribution in [0.5, 0.6) is 0 Å². The summed E-state index contributed by atoms with van der Waals surface area (Å²) >= 11 is 0. The normalized spacial score (nSPS) is 28.2. The maximum atomic E-state index is 7.02. The Bertz CT molecular complexity index is 776. The van der Waals surface area contributed by atoms with Crippen molar-refractivity contribution in [3.8, 4) is 0 Å². The smallest absolute Gasteiger partial charge is 0.192 e. The fourth-order valence-corrected chi connectivity index (χ4v) is 6.89. The zero-order valence-electron chi connectivity index (χ0n) is 22.1. The molecule has 0 N–H and O–H groups in total. The van der Waals surface area contributed by atoms with Crippen LogP contribution < -0.4 is 0 Å². The summed E-state index contributed by atoms with van der Waals surface area (Å²) in [6.07, 6.45) is 14.3. The molecule has 1 aliphatic heterocycles. The standard InChI is InChI=1S/C30H48O2Si/c1-23-22-29-28(17-13-8-10-14-24(2)31-29)27(23)21-20-26(32-33(6,7)30(3,4)5)19-18-25-15-11-9-12-16-25/h8-9,11-13,15-16,23,26-29H,2,10,14,17-22H2,1,3-7H3/b13-8-/t23-,26+,27+,28-,29+/m1/s1. The van der Waals surface area contributed by atoms with Gasteiger partial charge in [-0.05, 0) is 80.5 Å². The molecule has 1 fully saturated rings. The third-order valence-electron chi connectivity index (χ3n) is 8.53. The van der Waals surface area contributed by atoms with E-state index in [0.717, 1.165) is 44.3 Å². The second-order valence-corrected chi connectivity index (χ2v) is 16.8. The van der Waals surface area contributed by atoms with Crippen molar-refractivity contribution in [2.24, 2.45) is 17.8 Å². The molecule has 1 aromatic carbocycles. The van der Waals surface area contributed by atoms with Gasteiger partial charge in [-0.1, -0.05) is 76.8 Å². The second kappa shape index (κ2) is 11.4. The number of hydrogen-bond acceptors (Lipinski definition) is 2. The van der Waals surface area contributed by atoms with Crippen LogP contribution in [-0.4, -0.2) is 20.5 Å². The first-order valence-electron chi connectivity index (χ1n) is 13.3. The van der Waals surface area contributed by atoms with E-state index in [-0.39, 0.29) is 5.04 Å². The Kier molecular flexibility index (Phi) is 9.08. The van der Waals surface area contributed by atoms with Crippen molar-refractivity contribution in [2.45, 2.75) is 109 Å². The van der Waals surface area contributed by atoms with Crippen LogP contribution in [0.15, 0.2) is 54.8 Å². The first kappa shape index (κ1) is 26.3. The minimum Gasteiger partial charge on any atom is -0.495 e. The van der Waals surface area contributed by atoms with Crippen molar-refractivity contribution in [1.82, 2.24) is 0 Å². The van der Waals surface area contributed by atoms with Gasteiger partial charge < -0.3 is 9.16 Å². The van der Waals surface area contributed by atoms with Gasteiger partial charge in [0, 0.05) is 18.4 Å². The highest BCUT2D eigenvalue weighted by molar-refractivity contribution is 6.74. The van der Waals surface area contributed by atoms with Crippen molar-refractivity contribution in [3.05, 3.63) is 60.4 Å². The molecule has 2 nitrogen and oxygen atoms in total. The predicted octanol–water partition coefficient (Wildman–Crippen LogP) is 8.70. The average Bonchev–Trinajstić information content (AvgIpc) is 3.06. The summed E-state index contributed by atoms with van der Waals surface area (Å²) in [5.41, 5.74) is 1.42.